The molecule has 0 bridgehead atoms. The zero-order valence-corrected chi connectivity index (χ0v) is 12.0. The molecule has 0 radical (unpaired) electrons. The molecule has 0 amide bonds. The molecule has 18 heavy (non-hydrogen) atoms. The fourth-order valence-corrected chi connectivity index (χ4v) is 1.99. The fraction of sp³-hybridized carbons (Fsp3) is 0.455. The van der Waals surface area contributed by atoms with Crippen LogP contribution in [0.3, 0.4) is 0 Å². The Bertz CT molecular complexity index is 454. The van der Waals surface area contributed by atoms with Gasteiger partial charge in [0.25, 0.3) is 5.69 Å². The second-order valence-electron chi connectivity index (χ2n) is 4.35. The first-order valence-electron chi connectivity index (χ1n) is 5.36. The number of hydrogen-bond donors (Lipinski definition) is 1. The minimum atomic E-state index is -0.533. The number of anilines is 1. The average Bonchev–Trinajstić information content (AvgIpc) is 2.21. The largest absolute Gasteiger partial charge is 0.376 e. The minimum Gasteiger partial charge on any atom is -0.376 e. The topological polar surface area (TPSA) is 58.4 Å². The minimum absolute atomic E-state index is 0.0284. The molecule has 1 atom stereocenters. The fourth-order valence-electron chi connectivity index (χ4n) is 1.66. The van der Waals surface area contributed by atoms with Gasteiger partial charge in [0.1, 0.15) is 11.5 Å². The van der Waals surface area contributed by atoms with Crippen molar-refractivity contribution < 1.29 is 9.31 Å². The molecule has 1 aromatic carbocycles. The maximum Gasteiger partial charge on any atom is 0.293 e. The van der Waals surface area contributed by atoms with E-state index in [1.807, 2.05) is 25.9 Å². The predicted octanol–water partition coefficient (Wildman–Crippen LogP) is 2.86. The van der Waals surface area contributed by atoms with Gasteiger partial charge in [0.15, 0.2) is 0 Å². The van der Waals surface area contributed by atoms with Crippen molar-refractivity contribution in [2.24, 2.45) is 0 Å². The van der Waals surface area contributed by atoms with Gasteiger partial charge in [-0.25, -0.2) is 4.39 Å². The highest BCUT2D eigenvalue weighted by Crippen LogP contribution is 2.30. The summed E-state index contributed by atoms with van der Waals surface area (Å²) in [4.78, 5) is 12.3. The Kier molecular flexibility index (Phi) is 5.03. The average molecular weight is 320 g/mol. The molecule has 5 nitrogen and oxygen atoms in total. The van der Waals surface area contributed by atoms with Gasteiger partial charge in [0, 0.05) is 24.7 Å². The Morgan fingerprint density at radius 3 is 2.67 bits per heavy atom. The molecule has 0 saturated heterocycles. The van der Waals surface area contributed by atoms with Gasteiger partial charge in [-0.1, -0.05) is 0 Å². The summed E-state index contributed by atoms with van der Waals surface area (Å²) in [5.41, 5.74) is 0.0453. The first kappa shape index (κ1) is 14.8. The lowest BCUT2D eigenvalue weighted by atomic mass is 10.2. The van der Waals surface area contributed by atoms with E-state index in [9.17, 15) is 14.5 Å². The smallest absolute Gasteiger partial charge is 0.293 e. The van der Waals surface area contributed by atoms with E-state index in [1.54, 1.807) is 0 Å². The van der Waals surface area contributed by atoms with Crippen molar-refractivity contribution in [2.45, 2.75) is 13.0 Å². The van der Waals surface area contributed by atoms with Gasteiger partial charge in [-0.3, -0.25) is 10.1 Å². The number of nitro benzene ring substituents is 1. The van der Waals surface area contributed by atoms with Crippen molar-refractivity contribution in [3.05, 3.63) is 32.5 Å². The molecule has 0 fully saturated rings. The van der Waals surface area contributed by atoms with E-state index in [4.69, 9.17) is 0 Å². The van der Waals surface area contributed by atoms with Crippen molar-refractivity contribution in [1.82, 2.24) is 4.90 Å². The van der Waals surface area contributed by atoms with Crippen LogP contribution in [-0.4, -0.2) is 36.5 Å². The van der Waals surface area contributed by atoms with Gasteiger partial charge in [0.05, 0.1) is 9.40 Å². The van der Waals surface area contributed by atoms with Gasteiger partial charge in [-0.05, 0) is 36.9 Å². The number of rotatable bonds is 5. The molecule has 0 saturated carbocycles. The standard InChI is InChI=1S/C11H15BrFN3O2/c1-7(6-15(2)3)14-10-5-9(13)8(12)4-11(10)16(17)18/h4-5,7,14H,6H2,1-3H3. The first-order chi connectivity index (χ1) is 8.31. The van der Waals surface area contributed by atoms with Crippen LogP contribution >= 0.6 is 15.9 Å². The van der Waals surface area contributed by atoms with Crippen LogP contribution in [0.1, 0.15) is 6.92 Å². The lowest BCUT2D eigenvalue weighted by molar-refractivity contribution is -0.384. The van der Waals surface area contributed by atoms with E-state index in [0.29, 0.717) is 6.54 Å². The molecule has 0 aromatic heterocycles. The second-order valence-corrected chi connectivity index (χ2v) is 5.20. The number of nitrogens with one attached hydrogen (secondary N) is 1. The van der Waals surface area contributed by atoms with Crippen LogP contribution in [0.15, 0.2) is 16.6 Å². The van der Waals surface area contributed by atoms with Crippen LogP contribution in [0, 0.1) is 15.9 Å². The molecule has 1 unspecified atom stereocenters. The van der Waals surface area contributed by atoms with Crippen molar-refractivity contribution in [3.8, 4) is 0 Å². The normalized spacial score (nSPS) is 12.6. The van der Waals surface area contributed by atoms with Crippen molar-refractivity contribution in [3.63, 3.8) is 0 Å². The van der Waals surface area contributed by atoms with Gasteiger partial charge in [0.2, 0.25) is 0 Å². The van der Waals surface area contributed by atoms with Gasteiger partial charge >= 0.3 is 0 Å². The van der Waals surface area contributed by atoms with Crippen LogP contribution in [0.5, 0.6) is 0 Å². The summed E-state index contributed by atoms with van der Waals surface area (Å²) >= 11 is 2.94. The quantitative estimate of drug-likeness (QED) is 0.669. The summed E-state index contributed by atoms with van der Waals surface area (Å²) in [5, 5.41) is 13.8. The van der Waals surface area contributed by atoms with E-state index in [1.165, 1.54) is 6.07 Å². The highest BCUT2D eigenvalue weighted by Gasteiger charge is 2.19. The first-order valence-corrected chi connectivity index (χ1v) is 6.15. The molecule has 1 rings (SSSR count). The monoisotopic (exact) mass is 319 g/mol. The number of nitrogens with zero attached hydrogens (tertiary/aromatic N) is 2. The van der Waals surface area contributed by atoms with E-state index in [2.05, 4.69) is 21.2 Å². The highest BCUT2D eigenvalue weighted by atomic mass is 79.9. The Balaban J connectivity index is 3.00. The molecule has 0 aliphatic rings. The van der Waals surface area contributed by atoms with Gasteiger partial charge in [-0.2, -0.15) is 0 Å². The summed E-state index contributed by atoms with van der Waals surface area (Å²) in [5.74, 6) is -0.528. The molecule has 100 valence electrons. The molecule has 1 N–H and O–H groups in total. The highest BCUT2D eigenvalue weighted by molar-refractivity contribution is 9.10. The third-order valence-corrected chi connectivity index (χ3v) is 2.88. The number of hydrogen-bond acceptors (Lipinski definition) is 4. The Hall–Kier alpha value is -1.21. The summed E-state index contributed by atoms with van der Waals surface area (Å²) in [6, 6.07) is 2.27. The van der Waals surface area contributed by atoms with Crippen LogP contribution in [0.4, 0.5) is 15.8 Å². The van der Waals surface area contributed by atoms with E-state index in [0.717, 1.165) is 6.07 Å². The maximum absolute atomic E-state index is 13.4. The lowest BCUT2D eigenvalue weighted by Gasteiger charge is -2.19. The van der Waals surface area contributed by atoms with Crippen LogP contribution in [0.2, 0.25) is 0 Å². The van der Waals surface area contributed by atoms with Gasteiger partial charge < -0.3 is 10.2 Å². The molecule has 7 heteroatoms. The van der Waals surface area contributed by atoms with Crippen molar-refractivity contribution in [2.75, 3.05) is 26.0 Å². The summed E-state index contributed by atoms with van der Waals surface area (Å²) in [7, 11) is 3.80. The number of nitro groups is 1. The van der Waals surface area contributed by atoms with Crippen LogP contribution in [0.25, 0.3) is 0 Å². The predicted molar refractivity (Wildman–Crippen MR) is 72.4 cm³/mol. The summed E-state index contributed by atoms with van der Waals surface area (Å²) < 4.78 is 13.5. The third kappa shape index (κ3) is 3.92. The zero-order chi connectivity index (χ0) is 13.9. The molecule has 1 aromatic rings. The molecule has 0 spiro atoms. The van der Waals surface area contributed by atoms with Crippen LogP contribution < -0.4 is 5.32 Å². The molecular weight excluding hydrogens is 305 g/mol. The number of likely N-dealkylation sites (N-methyl/N-ethyl adjacent to an activating group) is 1. The molecule has 0 aliphatic carbocycles. The second kappa shape index (κ2) is 6.10. The Morgan fingerprint density at radius 1 is 1.56 bits per heavy atom. The van der Waals surface area contributed by atoms with Crippen molar-refractivity contribution >= 4 is 27.3 Å². The number of halogens is 2. The Morgan fingerprint density at radius 2 is 2.17 bits per heavy atom. The Labute approximate surface area is 113 Å². The lowest BCUT2D eigenvalue weighted by Crippen LogP contribution is -2.29. The summed E-state index contributed by atoms with van der Waals surface area (Å²) in [6.07, 6.45) is 0. The molecule has 0 aliphatic heterocycles. The van der Waals surface area contributed by atoms with E-state index in [-0.39, 0.29) is 21.9 Å². The van der Waals surface area contributed by atoms with E-state index < -0.39 is 10.7 Å². The van der Waals surface area contributed by atoms with E-state index >= 15 is 0 Å². The molecular formula is C11H15BrFN3O2. The molecule has 0 heterocycles. The van der Waals surface area contributed by atoms with Crippen molar-refractivity contribution in [1.29, 1.82) is 0 Å². The SMILES string of the molecule is CC(CN(C)C)Nc1cc(F)c(Br)cc1[N+](=O)[O-]. The van der Waals surface area contributed by atoms with Gasteiger partial charge in [-0.15, -0.1) is 0 Å². The van der Waals surface area contributed by atoms with Crippen LogP contribution in [-0.2, 0) is 0 Å². The number of benzene rings is 1. The third-order valence-electron chi connectivity index (χ3n) is 2.28. The zero-order valence-electron chi connectivity index (χ0n) is 10.4. The maximum atomic E-state index is 13.4. The summed E-state index contributed by atoms with van der Waals surface area (Å²) in [6.45, 7) is 2.57.